The van der Waals surface area contributed by atoms with Crippen molar-refractivity contribution in [1.29, 1.82) is 0 Å². The fourth-order valence-electron chi connectivity index (χ4n) is 1.90. The Balaban J connectivity index is 1.78. The van der Waals surface area contributed by atoms with Crippen LogP contribution in [-0.2, 0) is 11.2 Å². The first-order chi connectivity index (χ1) is 8.25. The smallest absolute Gasteiger partial charge is 0.320 e. The van der Waals surface area contributed by atoms with E-state index in [2.05, 4.69) is 5.32 Å². The highest BCUT2D eigenvalue weighted by atomic mass is 16.4. The average molecular weight is 233 g/mol. The molecule has 17 heavy (non-hydrogen) atoms. The van der Waals surface area contributed by atoms with E-state index < -0.39 is 12.0 Å². The number of aryl methyl sites for hydroxylation is 1. The Hall–Kier alpha value is -1.35. The van der Waals surface area contributed by atoms with Crippen molar-refractivity contribution in [3.05, 3.63) is 35.9 Å². The molecule has 0 heterocycles. The van der Waals surface area contributed by atoms with Crippen LogP contribution in [0.1, 0.15) is 24.8 Å². The summed E-state index contributed by atoms with van der Waals surface area (Å²) >= 11 is 0. The first kappa shape index (κ1) is 12.1. The van der Waals surface area contributed by atoms with E-state index in [4.69, 9.17) is 5.11 Å². The molecule has 0 spiro atoms. The molecular formula is C14H19NO2. The van der Waals surface area contributed by atoms with Crippen LogP contribution in [-0.4, -0.2) is 23.7 Å². The molecule has 1 atom stereocenters. The second-order valence-corrected chi connectivity index (χ2v) is 4.77. The van der Waals surface area contributed by atoms with Gasteiger partial charge in [0.1, 0.15) is 6.04 Å². The van der Waals surface area contributed by atoms with Gasteiger partial charge < -0.3 is 10.4 Å². The first-order valence-electron chi connectivity index (χ1n) is 6.26. The summed E-state index contributed by atoms with van der Waals surface area (Å²) in [5, 5.41) is 12.3. The first-order valence-corrected chi connectivity index (χ1v) is 6.26. The highest BCUT2D eigenvalue weighted by molar-refractivity contribution is 5.73. The van der Waals surface area contributed by atoms with Gasteiger partial charge in [0, 0.05) is 0 Å². The fraction of sp³-hybridized carbons (Fsp3) is 0.500. The van der Waals surface area contributed by atoms with Gasteiger partial charge in [-0.25, -0.2) is 0 Å². The molecule has 3 nitrogen and oxygen atoms in total. The van der Waals surface area contributed by atoms with Gasteiger partial charge in [-0.2, -0.15) is 0 Å². The summed E-state index contributed by atoms with van der Waals surface area (Å²) in [5.41, 5.74) is 1.20. The predicted molar refractivity (Wildman–Crippen MR) is 66.9 cm³/mol. The van der Waals surface area contributed by atoms with Crippen LogP contribution in [0.3, 0.4) is 0 Å². The van der Waals surface area contributed by atoms with Crippen LogP contribution in [0.2, 0.25) is 0 Å². The van der Waals surface area contributed by atoms with Crippen LogP contribution in [0.4, 0.5) is 0 Å². The van der Waals surface area contributed by atoms with Crippen molar-refractivity contribution < 1.29 is 9.90 Å². The van der Waals surface area contributed by atoms with Crippen LogP contribution >= 0.6 is 0 Å². The van der Waals surface area contributed by atoms with Crippen LogP contribution < -0.4 is 5.32 Å². The molecule has 0 bridgehead atoms. The Morgan fingerprint density at radius 3 is 2.65 bits per heavy atom. The lowest BCUT2D eigenvalue weighted by Crippen LogP contribution is -2.38. The van der Waals surface area contributed by atoms with Crippen LogP contribution in [0.25, 0.3) is 0 Å². The number of benzene rings is 1. The van der Waals surface area contributed by atoms with E-state index in [1.54, 1.807) is 0 Å². The molecule has 0 aromatic heterocycles. The highest BCUT2D eigenvalue weighted by Gasteiger charge is 2.24. The van der Waals surface area contributed by atoms with E-state index in [0.29, 0.717) is 12.3 Å². The number of carbonyl (C=O) groups is 1. The maximum atomic E-state index is 11.1. The second-order valence-electron chi connectivity index (χ2n) is 4.77. The molecule has 1 aromatic rings. The molecule has 2 N–H and O–H groups in total. The third kappa shape index (κ3) is 4.19. The molecular weight excluding hydrogens is 214 g/mol. The van der Waals surface area contributed by atoms with Gasteiger partial charge >= 0.3 is 5.97 Å². The summed E-state index contributed by atoms with van der Waals surface area (Å²) in [7, 11) is 0. The maximum Gasteiger partial charge on any atom is 0.320 e. The molecule has 0 aliphatic heterocycles. The summed E-state index contributed by atoms with van der Waals surface area (Å²) in [5.74, 6) is -0.0184. The summed E-state index contributed by atoms with van der Waals surface area (Å²) in [6.07, 6.45) is 3.97. The fourth-order valence-corrected chi connectivity index (χ4v) is 1.90. The van der Waals surface area contributed by atoms with Gasteiger partial charge in [-0.3, -0.25) is 4.79 Å². The van der Waals surface area contributed by atoms with Crippen molar-refractivity contribution in [2.24, 2.45) is 5.92 Å². The van der Waals surface area contributed by atoms with E-state index in [-0.39, 0.29) is 0 Å². The topological polar surface area (TPSA) is 49.3 Å². The van der Waals surface area contributed by atoms with Gasteiger partial charge in [0.15, 0.2) is 0 Å². The van der Waals surface area contributed by atoms with Crippen molar-refractivity contribution in [2.45, 2.75) is 31.7 Å². The van der Waals surface area contributed by atoms with Gasteiger partial charge in [0.2, 0.25) is 0 Å². The Labute approximate surface area is 102 Å². The van der Waals surface area contributed by atoms with Crippen molar-refractivity contribution in [3.8, 4) is 0 Å². The van der Waals surface area contributed by atoms with Gasteiger partial charge in [-0.05, 0) is 43.7 Å². The zero-order valence-corrected chi connectivity index (χ0v) is 9.93. The predicted octanol–water partition coefficient (Wildman–Crippen LogP) is 2.07. The number of nitrogens with one attached hydrogen (secondary N) is 1. The number of rotatable bonds is 7. The molecule has 1 fully saturated rings. The zero-order chi connectivity index (χ0) is 12.1. The number of hydrogen-bond donors (Lipinski definition) is 2. The van der Waals surface area contributed by atoms with Crippen LogP contribution in [0.15, 0.2) is 30.3 Å². The molecule has 92 valence electrons. The van der Waals surface area contributed by atoms with Crippen molar-refractivity contribution >= 4 is 5.97 Å². The van der Waals surface area contributed by atoms with Gasteiger partial charge in [-0.1, -0.05) is 30.3 Å². The minimum atomic E-state index is -0.735. The van der Waals surface area contributed by atoms with Gasteiger partial charge in [0.05, 0.1) is 0 Å². The lowest BCUT2D eigenvalue weighted by molar-refractivity contribution is -0.139. The van der Waals surface area contributed by atoms with Crippen LogP contribution in [0.5, 0.6) is 0 Å². The third-order valence-electron chi connectivity index (χ3n) is 3.21. The summed E-state index contributed by atoms with van der Waals surface area (Å²) in [4.78, 5) is 11.1. The number of carboxylic acid groups (broad SMARTS) is 1. The van der Waals surface area contributed by atoms with E-state index in [1.165, 1.54) is 18.4 Å². The molecule has 1 aromatic carbocycles. The third-order valence-corrected chi connectivity index (χ3v) is 3.21. The van der Waals surface area contributed by atoms with E-state index in [9.17, 15) is 4.79 Å². The normalized spacial score (nSPS) is 16.7. The minimum Gasteiger partial charge on any atom is -0.480 e. The Morgan fingerprint density at radius 2 is 2.06 bits per heavy atom. The number of aliphatic carboxylic acids is 1. The lowest BCUT2D eigenvalue weighted by Gasteiger charge is -2.14. The standard InChI is InChI=1S/C14H19NO2/c16-14(17)13(15-10-12-6-7-12)9-8-11-4-2-1-3-5-11/h1-5,12-13,15H,6-10H2,(H,16,17). The number of hydrogen-bond acceptors (Lipinski definition) is 2. The van der Waals surface area contributed by atoms with Crippen molar-refractivity contribution in [2.75, 3.05) is 6.54 Å². The average Bonchev–Trinajstić information content (AvgIpc) is 3.14. The summed E-state index contributed by atoms with van der Waals surface area (Å²) in [6.45, 7) is 0.853. The van der Waals surface area contributed by atoms with Gasteiger partial charge in [-0.15, -0.1) is 0 Å². The number of carboxylic acids is 1. The van der Waals surface area contributed by atoms with Crippen molar-refractivity contribution in [1.82, 2.24) is 5.32 Å². The molecule has 2 rings (SSSR count). The SMILES string of the molecule is O=C(O)C(CCc1ccccc1)NCC1CC1. The molecule has 1 aliphatic carbocycles. The molecule has 1 saturated carbocycles. The second kappa shape index (κ2) is 5.82. The van der Waals surface area contributed by atoms with E-state index >= 15 is 0 Å². The Kier molecular flexibility index (Phi) is 4.15. The summed E-state index contributed by atoms with van der Waals surface area (Å²) in [6, 6.07) is 9.63. The Bertz CT molecular complexity index is 360. The summed E-state index contributed by atoms with van der Waals surface area (Å²) < 4.78 is 0. The van der Waals surface area contributed by atoms with E-state index in [1.807, 2.05) is 30.3 Å². The monoisotopic (exact) mass is 233 g/mol. The zero-order valence-electron chi connectivity index (χ0n) is 9.93. The van der Waals surface area contributed by atoms with Crippen LogP contribution in [0, 0.1) is 5.92 Å². The molecule has 1 unspecified atom stereocenters. The van der Waals surface area contributed by atoms with Gasteiger partial charge in [0.25, 0.3) is 0 Å². The molecule has 1 aliphatic rings. The molecule has 0 amide bonds. The minimum absolute atomic E-state index is 0.407. The lowest BCUT2D eigenvalue weighted by atomic mass is 10.1. The quantitative estimate of drug-likeness (QED) is 0.758. The molecule has 0 saturated heterocycles. The largest absolute Gasteiger partial charge is 0.480 e. The van der Waals surface area contributed by atoms with Crippen molar-refractivity contribution in [3.63, 3.8) is 0 Å². The highest BCUT2D eigenvalue weighted by Crippen LogP contribution is 2.27. The molecule has 0 radical (unpaired) electrons. The van der Waals surface area contributed by atoms with E-state index in [0.717, 1.165) is 13.0 Å². The Morgan fingerprint density at radius 1 is 1.35 bits per heavy atom. The molecule has 3 heteroatoms. The maximum absolute atomic E-state index is 11.1.